The zero-order chi connectivity index (χ0) is 12.8. The van der Waals surface area contributed by atoms with Crippen molar-refractivity contribution in [1.82, 2.24) is 5.32 Å². The van der Waals surface area contributed by atoms with Crippen molar-refractivity contribution in [3.8, 4) is 0 Å². The summed E-state index contributed by atoms with van der Waals surface area (Å²) in [5.74, 6) is 0.0597. The second-order valence-electron chi connectivity index (χ2n) is 4.11. The highest BCUT2D eigenvalue weighted by molar-refractivity contribution is 7.07. The largest absolute Gasteiger partial charge is 0.399 e. The Balaban J connectivity index is 1.77. The molecule has 0 fully saturated rings. The van der Waals surface area contributed by atoms with Crippen LogP contribution >= 0.6 is 11.3 Å². The minimum absolute atomic E-state index is 0.0597. The van der Waals surface area contributed by atoms with E-state index in [9.17, 15) is 4.79 Å². The lowest BCUT2D eigenvalue weighted by molar-refractivity contribution is -0.121. The maximum absolute atomic E-state index is 11.7. The Bertz CT molecular complexity index is 508. The molecular formula is C14H16N2OS. The molecule has 1 aromatic carbocycles. The number of thiophene rings is 1. The van der Waals surface area contributed by atoms with Crippen molar-refractivity contribution in [1.29, 1.82) is 0 Å². The van der Waals surface area contributed by atoms with E-state index in [1.54, 1.807) is 11.3 Å². The third-order valence-electron chi connectivity index (χ3n) is 2.75. The lowest BCUT2D eigenvalue weighted by Crippen LogP contribution is -2.22. The van der Waals surface area contributed by atoms with Crippen molar-refractivity contribution in [3.63, 3.8) is 0 Å². The summed E-state index contributed by atoms with van der Waals surface area (Å²) in [4.78, 5) is 11.7. The zero-order valence-electron chi connectivity index (χ0n) is 10.1. The Morgan fingerprint density at radius 2 is 2.11 bits per heavy atom. The quantitative estimate of drug-likeness (QED) is 0.812. The third kappa shape index (κ3) is 3.60. The van der Waals surface area contributed by atoms with Gasteiger partial charge in [0.25, 0.3) is 0 Å². The van der Waals surface area contributed by atoms with E-state index in [1.165, 1.54) is 0 Å². The van der Waals surface area contributed by atoms with Crippen LogP contribution in [-0.2, 0) is 17.8 Å². The molecule has 1 aromatic heterocycles. The summed E-state index contributed by atoms with van der Waals surface area (Å²) in [6.45, 7) is 0.604. The highest BCUT2D eigenvalue weighted by Crippen LogP contribution is 2.12. The minimum Gasteiger partial charge on any atom is -0.399 e. The molecule has 4 heteroatoms. The van der Waals surface area contributed by atoms with Gasteiger partial charge in [0.15, 0.2) is 0 Å². The number of anilines is 1. The van der Waals surface area contributed by atoms with Crippen molar-refractivity contribution in [2.45, 2.75) is 19.4 Å². The lowest BCUT2D eigenvalue weighted by Gasteiger charge is -2.06. The van der Waals surface area contributed by atoms with Gasteiger partial charge in [-0.15, -0.1) is 0 Å². The van der Waals surface area contributed by atoms with Crippen LogP contribution in [0.15, 0.2) is 41.1 Å². The number of rotatable bonds is 5. The molecule has 1 amide bonds. The Morgan fingerprint density at radius 3 is 2.83 bits per heavy atom. The zero-order valence-corrected chi connectivity index (χ0v) is 10.9. The number of para-hydroxylation sites is 1. The van der Waals surface area contributed by atoms with E-state index in [1.807, 2.05) is 41.1 Å². The summed E-state index contributed by atoms with van der Waals surface area (Å²) in [5.41, 5.74) is 8.76. The maximum atomic E-state index is 11.7. The fourth-order valence-corrected chi connectivity index (χ4v) is 2.36. The van der Waals surface area contributed by atoms with Gasteiger partial charge in [-0.05, 0) is 40.4 Å². The smallest absolute Gasteiger partial charge is 0.220 e. The van der Waals surface area contributed by atoms with Crippen molar-refractivity contribution >= 4 is 22.9 Å². The molecule has 1 heterocycles. The fraction of sp³-hybridized carbons (Fsp3) is 0.214. The van der Waals surface area contributed by atoms with Crippen LogP contribution in [0.4, 0.5) is 5.69 Å². The number of nitrogens with one attached hydrogen (secondary N) is 1. The van der Waals surface area contributed by atoms with Crippen molar-refractivity contribution in [2.24, 2.45) is 0 Å². The van der Waals surface area contributed by atoms with Gasteiger partial charge >= 0.3 is 0 Å². The number of hydrogen-bond donors (Lipinski definition) is 2. The van der Waals surface area contributed by atoms with E-state index in [0.717, 1.165) is 16.8 Å². The van der Waals surface area contributed by atoms with Crippen LogP contribution in [-0.4, -0.2) is 5.91 Å². The Morgan fingerprint density at radius 1 is 1.28 bits per heavy atom. The van der Waals surface area contributed by atoms with E-state index in [2.05, 4.69) is 5.32 Å². The molecule has 0 spiro atoms. The monoisotopic (exact) mass is 260 g/mol. The van der Waals surface area contributed by atoms with Gasteiger partial charge in [-0.3, -0.25) is 4.79 Å². The predicted octanol–water partition coefficient (Wildman–Crippen LogP) is 2.58. The molecule has 0 aliphatic rings. The van der Waals surface area contributed by atoms with Gasteiger partial charge in [0, 0.05) is 18.7 Å². The van der Waals surface area contributed by atoms with Crippen LogP contribution in [0.3, 0.4) is 0 Å². The first-order chi connectivity index (χ1) is 8.75. The van der Waals surface area contributed by atoms with Crippen LogP contribution in [0.1, 0.15) is 17.5 Å². The summed E-state index contributed by atoms with van der Waals surface area (Å²) >= 11 is 1.64. The standard InChI is InChI=1S/C14H16N2OS/c15-13-4-2-1-3-12(13)5-6-14(17)16-9-11-7-8-18-10-11/h1-4,7-8,10H,5-6,9,15H2,(H,16,17). The van der Waals surface area contributed by atoms with Crippen LogP contribution in [0.25, 0.3) is 0 Å². The van der Waals surface area contributed by atoms with Gasteiger partial charge < -0.3 is 11.1 Å². The van der Waals surface area contributed by atoms with Gasteiger partial charge in [-0.25, -0.2) is 0 Å². The van der Waals surface area contributed by atoms with Crippen LogP contribution in [0, 0.1) is 0 Å². The topological polar surface area (TPSA) is 55.1 Å². The predicted molar refractivity (Wildman–Crippen MR) is 75.3 cm³/mol. The van der Waals surface area contributed by atoms with Crippen LogP contribution in [0.2, 0.25) is 0 Å². The molecule has 2 aromatic rings. The fourth-order valence-electron chi connectivity index (χ4n) is 1.69. The van der Waals surface area contributed by atoms with Gasteiger partial charge in [-0.2, -0.15) is 11.3 Å². The first-order valence-electron chi connectivity index (χ1n) is 5.87. The molecule has 0 atom stereocenters. The van der Waals surface area contributed by atoms with Crippen LogP contribution in [0.5, 0.6) is 0 Å². The SMILES string of the molecule is Nc1ccccc1CCC(=O)NCc1ccsc1. The average molecular weight is 260 g/mol. The molecular weight excluding hydrogens is 244 g/mol. The first-order valence-corrected chi connectivity index (χ1v) is 6.81. The molecule has 0 radical (unpaired) electrons. The van der Waals surface area contributed by atoms with Gasteiger partial charge in [-0.1, -0.05) is 18.2 Å². The van der Waals surface area contributed by atoms with Crippen molar-refractivity contribution in [2.75, 3.05) is 5.73 Å². The molecule has 0 saturated heterocycles. The molecule has 0 saturated carbocycles. The third-order valence-corrected chi connectivity index (χ3v) is 3.48. The van der Waals surface area contributed by atoms with Crippen molar-refractivity contribution in [3.05, 3.63) is 52.2 Å². The molecule has 0 aliphatic heterocycles. The molecule has 0 unspecified atom stereocenters. The average Bonchev–Trinajstić information content (AvgIpc) is 2.88. The van der Waals surface area contributed by atoms with E-state index < -0.39 is 0 Å². The molecule has 3 nitrogen and oxygen atoms in total. The number of hydrogen-bond acceptors (Lipinski definition) is 3. The van der Waals surface area contributed by atoms with E-state index in [-0.39, 0.29) is 5.91 Å². The molecule has 0 bridgehead atoms. The number of nitrogen functional groups attached to an aromatic ring is 1. The molecule has 18 heavy (non-hydrogen) atoms. The minimum atomic E-state index is 0.0597. The van der Waals surface area contributed by atoms with E-state index in [0.29, 0.717) is 19.4 Å². The summed E-state index contributed by atoms with van der Waals surface area (Å²) < 4.78 is 0. The number of benzene rings is 1. The number of amides is 1. The molecule has 2 rings (SSSR count). The Labute approximate surface area is 111 Å². The number of carbonyl (C=O) groups excluding carboxylic acids is 1. The first kappa shape index (κ1) is 12.6. The maximum Gasteiger partial charge on any atom is 0.220 e. The highest BCUT2D eigenvalue weighted by Gasteiger charge is 2.04. The molecule has 3 N–H and O–H groups in total. The summed E-state index contributed by atoms with van der Waals surface area (Å²) in [6, 6.07) is 9.67. The summed E-state index contributed by atoms with van der Waals surface area (Å²) in [5, 5.41) is 6.94. The normalized spacial score (nSPS) is 10.2. The van der Waals surface area contributed by atoms with E-state index >= 15 is 0 Å². The number of aryl methyl sites for hydroxylation is 1. The van der Waals surface area contributed by atoms with Crippen LogP contribution < -0.4 is 11.1 Å². The van der Waals surface area contributed by atoms with Gasteiger partial charge in [0.1, 0.15) is 0 Å². The van der Waals surface area contributed by atoms with E-state index in [4.69, 9.17) is 5.73 Å². The van der Waals surface area contributed by atoms with Gasteiger partial charge in [0.05, 0.1) is 0 Å². The second-order valence-corrected chi connectivity index (χ2v) is 4.89. The number of carbonyl (C=O) groups is 1. The summed E-state index contributed by atoms with van der Waals surface area (Å²) in [6.07, 6.45) is 1.15. The van der Waals surface area contributed by atoms with Crippen molar-refractivity contribution < 1.29 is 4.79 Å². The Kier molecular flexibility index (Phi) is 4.36. The molecule has 0 aliphatic carbocycles. The Hall–Kier alpha value is -1.81. The lowest BCUT2D eigenvalue weighted by atomic mass is 10.1. The highest BCUT2D eigenvalue weighted by atomic mass is 32.1. The molecule has 94 valence electrons. The van der Waals surface area contributed by atoms with Gasteiger partial charge in [0.2, 0.25) is 5.91 Å². The second kappa shape index (κ2) is 6.21. The summed E-state index contributed by atoms with van der Waals surface area (Å²) in [7, 11) is 0. The number of nitrogens with two attached hydrogens (primary N) is 1.